The maximum Gasteiger partial charge on any atom is 0.221 e. The van der Waals surface area contributed by atoms with Gasteiger partial charge in [0.15, 0.2) is 0 Å². The van der Waals surface area contributed by atoms with Crippen LogP contribution in [-0.4, -0.2) is 32.7 Å². The van der Waals surface area contributed by atoms with Crippen molar-refractivity contribution >= 4 is 5.91 Å². The fourth-order valence-electron chi connectivity index (χ4n) is 1.66. The van der Waals surface area contributed by atoms with Crippen molar-refractivity contribution in [2.45, 2.75) is 19.9 Å². The quantitative estimate of drug-likeness (QED) is 0.700. The van der Waals surface area contributed by atoms with E-state index in [1.165, 1.54) is 12.1 Å². The van der Waals surface area contributed by atoms with Crippen molar-refractivity contribution < 1.29 is 13.9 Å². The average Bonchev–Trinajstić information content (AvgIpc) is 2.37. The standard InChI is InChI=1S/C14H21FN2O2/c1-11-9-13(15)4-3-12(11)10-16-6-5-14(18)17-7-8-19-2/h3-4,9,16H,5-8,10H2,1-2H3,(H,17,18). The Kier molecular flexibility index (Phi) is 7.07. The predicted molar refractivity (Wildman–Crippen MR) is 72.3 cm³/mol. The highest BCUT2D eigenvalue weighted by Crippen LogP contribution is 2.09. The third-order valence-electron chi connectivity index (χ3n) is 2.78. The minimum Gasteiger partial charge on any atom is -0.383 e. The highest BCUT2D eigenvalue weighted by Gasteiger charge is 2.02. The number of carbonyl (C=O) groups excluding carboxylic acids is 1. The Morgan fingerprint density at radius 1 is 1.37 bits per heavy atom. The number of nitrogens with one attached hydrogen (secondary N) is 2. The van der Waals surface area contributed by atoms with Crippen LogP contribution in [0.2, 0.25) is 0 Å². The average molecular weight is 268 g/mol. The highest BCUT2D eigenvalue weighted by molar-refractivity contribution is 5.76. The molecule has 0 aliphatic rings. The molecule has 4 nitrogen and oxygen atoms in total. The van der Waals surface area contributed by atoms with Crippen LogP contribution < -0.4 is 10.6 Å². The summed E-state index contributed by atoms with van der Waals surface area (Å²) in [5.41, 5.74) is 1.96. The van der Waals surface area contributed by atoms with Crippen LogP contribution in [0.25, 0.3) is 0 Å². The first kappa shape index (κ1) is 15.6. The second-order valence-electron chi connectivity index (χ2n) is 4.34. The molecule has 19 heavy (non-hydrogen) atoms. The van der Waals surface area contributed by atoms with Gasteiger partial charge >= 0.3 is 0 Å². The lowest BCUT2D eigenvalue weighted by Crippen LogP contribution is -2.30. The number of hydrogen-bond acceptors (Lipinski definition) is 3. The van der Waals surface area contributed by atoms with Crippen LogP contribution in [0.3, 0.4) is 0 Å². The van der Waals surface area contributed by atoms with E-state index in [0.29, 0.717) is 32.7 Å². The summed E-state index contributed by atoms with van der Waals surface area (Å²) < 4.78 is 17.7. The molecular formula is C14H21FN2O2. The Labute approximate surface area is 113 Å². The third-order valence-corrected chi connectivity index (χ3v) is 2.78. The molecule has 2 N–H and O–H groups in total. The van der Waals surface area contributed by atoms with Crippen molar-refractivity contribution in [3.63, 3.8) is 0 Å². The van der Waals surface area contributed by atoms with Gasteiger partial charge in [0.25, 0.3) is 0 Å². The van der Waals surface area contributed by atoms with Crippen LogP contribution in [0, 0.1) is 12.7 Å². The van der Waals surface area contributed by atoms with Gasteiger partial charge in [0.2, 0.25) is 5.91 Å². The van der Waals surface area contributed by atoms with Crippen molar-refractivity contribution in [3.8, 4) is 0 Å². The van der Waals surface area contributed by atoms with E-state index in [4.69, 9.17) is 4.74 Å². The summed E-state index contributed by atoms with van der Waals surface area (Å²) in [6, 6.07) is 4.71. The monoisotopic (exact) mass is 268 g/mol. The molecule has 0 unspecified atom stereocenters. The molecule has 0 atom stereocenters. The van der Waals surface area contributed by atoms with Crippen molar-refractivity contribution in [2.24, 2.45) is 0 Å². The molecule has 0 fully saturated rings. The first-order valence-electron chi connectivity index (χ1n) is 6.35. The van der Waals surface area contributed by atoms with Crippen LogP contribution >= 0.6 is 0 Å². The molecule has 1 rings (SSSR count). The molecule has 0 bridgehead atoms. The summed E-state index contributed by atoms with van der Waals surface area (Å²) in [6.45, 7) is 4.16. The molecule has 0 aliphatic carbocycles. The minimum absolute atomic E-state index is 0.000350. The Morgan fingerprint density at radius 3 is 2.84 bits per heavy atom. The Morgan fingerprint density at radius 2 is 2.16 bits per heavy atom. The maximum absolute atomic E-state index is 12.9. The molecule has 106 valence electrons. The second-order valence-corrected chi connectivity index (χ2v) is 4.34. The Bertz CT molecular complexity index is 410. The second kappa shape index (κ2) is 8.61. The van der Waals surface area contributed by atoms with Gasteiger partial charge in [0.05, 0.1) is 6.61 Å². The molecule has 0 aliphatic heterocycles. The molecule has 1 aromatic carbocycles. The van der Waals surface area contributed by atoms with Gasteiger partial charge < -0.3 is 15.4 Å². The largest absolute Gasteiger partial charge is 0.383 e. The van der Waals surface area contributed by atoms with E-state index in [-0.39, 0.29) is 11.7 Å². The van der Waals surface area contributed by atoms with Gasteiger partial charge in [-0.1, -0.05) is 6.07 Å². The minimum atomic E-state index is -0.223. The van der Waals surface area contributed by atoms with Gasteiger partial charge in [0.1, 0.15) is 5.82 Å². The first-order chi connectivity index (χ1) is 9.13. The lowest BCUT2D eigenvalue weighted by atomic mass is 10.1. The number of carbonyl (C=O) groups is 1. The zero-order valence-corrected chi connectivity index (χ0v) is 11.5. The highest BCUT2D eigenvalue weighted by atomic mass is 19.1. The molecule has 0 spiro atoms. The zero-order chi connectivity index (χ0) is 14.1. The number of halogens is 1. The Balaban J connectivity index is 2.18. The summed E-state index contributed by atoms with van der Waals surface area (Å²) in [5, 5.41) is 5.92. The molecule has 0 heterocycles. The first-order valence-corrected chi connectivity index (χ1v) is 6.35. The Hall–Kier alpha value is -1.46. The number of methoxy groups -OCH3 is 1. The topological polar surface area (TPSA) is 50.4 Å². The van der Waals surface area contributed by atoms with Gasteiger partial charge in [-0.15, -0.1) is 0 Å². The van der Waals surface area contributed by atoms with E-state index in [9.17, 15) is 9.18 Å². The molecular weight excluding hydrogens is 247 g/mol. The molecule has 0 saturated heterocycles. The molecule has 0 radical (unpaired) electrons. The van der Waals surface area contributed by atoms with Crippen molar-refractivity contribution in [2.75, 3.05) is 26.8 Å². The van der Waals surface area contributed by atoms with E-state index in [1.54, 1.807) is 13.2 Å². The van der Waals surface area contributed by atoms with Gasteiger partial charge in [-0.25, -0.2) is 4.39 Å². The summed E-state index contributed by atoms with van der Waals surface area (Å²) in [7, 11) is 1.60. The van der Waals surface area contributed by atoms with Crippen LogP contribution in [0.5, 0.6) is 0 Å². The van der Waals surface area contributed by atoms with Crippen molar-refractivity contribution in [3.05, 3.63) is 35.1 Å². The van der Waals surface area contributed by atoms with Crippen molar-refractivity contribution in [1.82, 2.24) is 10.6 Å². The summed E-state index contributed by atoms with van der Waals surface area (Å²) in [5.74, 6) is -0.223. The van der Waals surface area contributed by atoms with Gasteiger partial charge in [-0.2, -0.15) is 0 Å². The van der Waals surface area contributed by atoms with E-state index in [2.05, 4.69) is 10.6 Å². The number of aryl methyl sites for hydroxylation is 1. The van der Waals surface area contributed by atoms with E-state index >= 15 is 0 Å². The number of rotatable bonds is 8. The fraction of sp³-hybridized carbons (Fsp3) is 0.500. The lowest BCUT2D eigenvalue weighted by molar-refractivity contribution is -0.121. The lowest BCUT2D eigenvalue weighted by Gasteiger charge is -2.08. The number of ether oxygens (including phenoxy) is 1. The molecule has 0 aromatic heterocycles. The fourth-order valence-corrected chi connectivity index (χ4v) is 1.66. The predicted octanol–water partition coefficient (Wildman–Crippen LogP) is 1.38. The number of amides is 1. The zero-order valence-electron chi connectivity index (χ0n) is 11.5. The van der Waals surface area contributed by atoms with Gasteiger partial charge in [-0.3, -0.25) is 4.79 Å². The van der Waals surface area contributed by atoms with Crippen LogP contribution in [0.1, 0.15) is 17.5 Å². The summed E-state index contributed by atoms with van der Waals surface area (Å²) >= 11 is 0. The third kappa shape index (κ3) is 6.31. The van der Waals surface area contributed by atoms with Crippen LogP contribution in [0.15, 0.2) is 18.2 Å². The summed E-state index contributed by atoms with van der Waals surface area (Å²) in [4.78, 5) is 11.4. The number of hydrogen-bond donors (Lipinski definition) is 2. The van der Waals surface area contributed by atoms with Crippen LogP contribution in [0.4, 0.5) is 4.39 Å². The molecule has 1 aromatic rings. The number of benzene rings is 1. The smallest absolute Gasteiger partial charge is 0.221 e. The van der Waals surface area contributed by atoms with Gasteiger partial charge in [-0.05, 0) is 30.2 Å². The summed E-state index contributed by atoms with van der Waals surface area (Å²) in [6.07, 6.45) is 0.421. The van der Waals surface area contributed by atoms with Crippen molar-refractivity contribution in [1.29, 1.82) is 0 Å². The molecule has 0 saturated carbocycles. The van der Waals surface area contributed by atoms with Gasteiger partial charge in [0, 0.05) is 33.2 Å². The van der Waals surface area contributed by atoms with Crippen LogP contribution in [-0.2, 0) is 16.1 Å². The van der Waals surface area contributed by atoms with E-state index < -0.39 is 0 Å². The molecule has 1 amide bonds. The SMILES string of the molecule is COCCNC(=O)CCNCc1ccc(F)cc1C. The maximum atomic E-state index is 12.9. The molecule has 5 heteroatoms. The van der Waals surface area contributed by atoms with E-state index in [0.717, 1.165) is 11.1 Å². The van der Waals surface area contributed by atoms with E-state index in [1.807, 2.05) is 6.92 Å². The normalized spacial score (nSPS) is 10.5.